The molecule has 0 unspecified atom stereocenters. The lowest BCUT2D eigenvalue weighted by molar-refractivity contribution is -0.124. The second kappa shape index (κ2) is 13.2. The molecule has 0 bridgehead atoms. The maximum absolute atomic E-state index is 12.9. The van der Waals surface area contributed by atoms with Gasteiger partial charge >= 0.3 is 12.2 Å². The highest BCUT2D eigenvalue weighted by atomic mass is 16.6. The molecule has 2 atom stereocenters. The van der Waals surface area contributed by atoms with Crippen LogP contribution in [0.3, 0.4) is 0 Å². The molecule has 190 valence electrons. The van der Waals surface area contributed by atoms with Gasteiger partial charge < -0.3 is 30.5 Å². The summed E-state index contributed by atoms with van der Waals surface area (Å²) < 4.78 is 10.5. The molecule has 0 spiro atoms. The van der Waals surface area contributed by atoms with Crippen molar-refractivity contribution in [1.82, 2.24) is 16.0 Å². The van der Waals surface area contributed by atoms with E-state index >= 15 is 0 Å². The summed E-state index contributed by atoms with van der Waals surface area (Å²) >= 11 is 0. The van der Waals surface area contributed by atoms with Crippen LogP contribution in [0.25, 0.3) is 0 Å². The van der Waals surface area contributed by atoms with Gasteiger partial charge in [-0.25, -0.2) is 9.59 Å². The topological polar surface area (TPSA) is 126 Å². The minimum absolute atomic E-state index is 0.131. The molecule has 0 heterocycles. The Bertz CT molecular complexity index is 957. The first-order valence-electron chi connectivity index (χ1n) is 11.6. The zero-order valence-corrected chi connectivity index (χ0v) is 20.7. The number of hydrogen-bond donors (Lipinski definition) is 4. The van der Waals surface area contributed by atoms with Crippen LogP contribution in [-0.4, -0.2) is 41.4 Å². The van der Waals surface area contributed by atoms with Crippen molar-refractivity contribution in [3.63, 3.8) is 0 Å². The predicted molar refractivity (Wildman–Crippen MR) is 132 cm³/mol. The largest absolute Gasteiger partial charge is 0.508 e. The zero-order valence-electron chi connectivity index (χ0n) is 20.7. The standard InChI is InChI=1S/C26H35N3O6/c1-18(20-12-14-21(30)15-13-20)28-23(31)22(29-25(33)35-26(2,3)4)11-8-16-27-24(32)34-17-19-9-6-5-7-10-19/h5-7,9-10,12-15,18,22,30H,8,11,16-17H2,1-4H3,(H,27,32)(H,28,31)(H,29,33)/t18-,22+/m1/s1. The molecule has 2 aromatic rings. The van der Waals surface area contributed by atoms with E-state index in [1.54, 1.807) is 39.8 Å². The van der Waals surface area contributed by atoms with Gasteiger partial charge in [0.25, 0.3) is 0 Å². The first-order valence-corrected chi connectivity index (χ1v) is 11.6. The summed E-state index contributed by atoms with van der Waals surface area (Å²) in [6, 6.07) is 14.6. The molecule has 9 nitrogen and oxygen atoms in total. The highest BCUT2D eigenvalue weighted by Crippen LogP contribution is 2.17. The van der Waals surface area contributed by atoms with Crippen LogP contribution >= 0.6 is 0 Å². The van der Waals surface area contributed by atoms with Gasteiger partial charge in [0.1, 0.15) is 24.0 Å². The molecule has 2 aromatic carbocycles. The Morgan fingerprint density at radius 2 is 1.60 bits per heavy atom. The van der Waals surface area contributed by atoms with Gasteiger partial charge in [-0.15, -0.1) is 0 Å². The van der Waals surface area contributed by atoms with E-state index in [9.17, 15) is 19.5 Å². The van der Waals surface area contributed by atoms with Gasteiger partial charge in [0, 0.05) is 6.54 Å². The van der Waals surface area contributed by atoms with E-state index in [1.807, 2.05) is 30.3 Å². The maximum Gasteiger partial charge on any atom is 0.408 e. The predicted octanol–water partition coefficient (Wildman–Crippen LogP) is 4.17. The van der Waals surface area contributed by atoms with Crippen molar-refractivity contribution < 1.29 is 29.0 Å². The van der Waals surface area contributed by atoms with Gasteiger partial charge in [0.05, 0.1) is 6.04 Å². The van der Waals surface area contributed by atoms with Crippen molar-refractivity contribution in [3.8, 4) is 5.75 Å². The number of aromatic hydroxyl groups is 1. The molecule has 0 aromatic heterocycles. The van der Waals surface area contributed by atoms with Crippen LogP contribution in [0.5, 0.6) is 5.75 Å². The summed E-state index contributed by atoms with van der Waals surface area (Å²) in [4.78, 5) is 37.2. The van der Waals surface area contributed by atoms with Crippen LogP contribution in [0.2, 0.25) is 0 Å². The third-order valence-corrected chi connectivity index (χ3v) is 4.91. The van der Waals surface area contributed by atoms with E-state index in [0.717, 1.165) is 11.1 Å². The number of ether oxygens (including phenoxy) is 2. The van der Waals surface area contributed by atoms with Gasteiger partial charge in [-0.1, -0.05) is 42.5 Å². The van der Waals surface area contributed by atoms with Gasteiger partial charge in [-0.05, 0) is 63.8 Å². The molecule has 0 radical (unpaired) electrons. The molecule has 0 saturated heterocycles. The number of phenols is 1. The Morgan fingerprint density at radius 1 is 0.943 bits per heavy atom. The number of carbonyl (C=O) groups is 3. The third-order valence-electron chi connectivity index (χ3n) is 4.91. The van der Waals surface area contributed by atoms with Crippen molar-refractivity contribution in [2.45, 2.75) is 64.8 Å². The van der Waals surface area contributed by atoms with Crippen molar-refractivity contribution in [2.24, 2.45) is 0 Å². The Morgan fingerprint density at radius 3 is 2.23 bits per heavy atom. The summed E-state index contributed by atoms with van der Waals surface area (Å²) in [7, 11) is 0. The fourth-order valence-corrected chi connectivity index (χ4v) is 3.15. The van der Waals surface area contributed by atoms with Gasteiger partial charge in [0.2, 0.25) is 5.91 Å². The lowest BCUT2D eigenvalue weighted by atomic mass is 10.1. The van der Waals surface area contributed by atoms with Crippen LogP contribution in [0.4, 0.5) is 9.59 Å². The Kier molecular flexibility index (Phi) is 10.4. The average Bonchev–Trinajstić information content (AvgIpc) is 2.79. The molecule has 0 fully saturated rings. The number of hydrogen-bond acceptors (Lipinski definition) is 6. The molecule has 0 saturated carbocycles. The lowest BCUT2D eigenvalue weighted by Gasteiger charge is -2.24. The Labute approximate surface area is 206 Å². The quantitative estimate of drug-likeness (QED) is 0.374. The molecule has 4 N–H and O–H groups in total. The third kappa shape index (κ3) is 10.8. The van der Waals surface area contributed by atoms with Crippen molar-refractivity contribution in [1.29, 1.82) is 0 Å². The van der Waals surface area contributed by atoms with Crippen molar-refractivity contribution in [2.75, 3.05) is 6.54 Å². The SMILES string of the molecule is C[C@@H](NC(=O)[C@H](CCCNC(=O)OCc1ccccc1)NC(=O)OC(C)(C)C)c1ccc(O)cc1. The van der Waals surface area contributed by atoms with Crippen molar-refractivity contribution in [3.05, 3.63) is 65.7 Å². The molecule has 2 rings (SSSR count). The van der Waals surface area contributed by atoms with Crippen LogP contribution in [0.15, 0.2) is 54.6 Å². The molecular formula is C26H35N3O6. The Balaban J connectivity index is 1.88. The normalized spacial score (nSPS) is 12.7. The van der Waals surface area contributed by atoms with Gasteiger partial charge in [-0.2, -0.15) is 0 Å². The number of amides is 3. The van der Waals surface area contributed by atoms with E-state index < -0.39 is 23.8 Å². The average molecular weight is 486 g/mol. The van der Waals surface area contributed by atoms with E-state index in [4.69, 9.17) is 9.47 Å². The minimum atomic E-state index is -0.869. The number of phenolic OH excluding ortho intramolecular Hbond substituents is 1. The van der Waals surface area contributed by atoms with E-state index in [1.165, 1.54) is 12.1 Å². The maximum atomic E-state index is 12.9. The van der Waals surface area contributed by atoms with Gasteiger partial charge in [-0.3, -0.25) is 4.79 Å². The number of carbonyl (C=O) groups excluding carboxylic acids is 3. The Hall–Kier alpha value is -3.75. The summed E-state index contributed by atoms with van der Waals surface area (Å²) in [5, 5.41) is 17.6. The molecule has 9 heteroatoms. The molecular weight excluding hydrogens is 450 g/mol. The second-order valence-corrected chi connectivity index (χ2v) is 9.15. The molecule has 0 aliphatic heterocycles. The summed E-state index contributed by atoms with van der Waals surface area (Å²) in [6.45, 7) is 7.44. The highest BCUT2D eigenvalue weighted by Gasteiger charge is 2.25. The monoisotopic (exact) mass is 485 g/mol. The van der Waals surface area contributed by atoms with E-state index in [-0.39, 0.29) is 37.3 Å². The molecule has 3 amide bonds. The fourth-order valence-electron chi connectivity index (χ4n) is 3.15. The van der Waals surface area contributed by atoms with E-state index in [2.05, 4.69) is 16.0 Å². The van der Waals surface area contributed by atoms with Crippen LogP contribution in [0, 0.1) is 0 Å². The second-order valence-electron chi connectivity index (χ2n) is 9.15. The molecule has 0 aliphatic rings. The minimum Gasteiger partial charge on any atom is -0.508 e. The smallest absolute Gasteiger partial charge is 0.408 e. The fraction of sp³-hybridized carbons (Fsp3) is 0.423. The van der Waals surface area contributed by atoms with Crippen LogP contribution in [-0.2, 0) is 20.9 Å². The van der Waals surface area contributed by atoms with Crippen LogP contribution in [0.1, 0.15) is 57.7 Å². The van der Waals surface area contributed by atoms with E-state index in [0.29, 0.717) is 6.42 Å². The summed E-state index contributed by atoms with van der Waals surface area (Å²) in [5.41, 5.74) is 0.966. The highest BCUT2D eigenvalue weighted by molar-refractivity contribution is 5.86. The molecule has 35 heavy (non-hydrogen) atoms. The number of benzene rings is 2. The molecule has 0 aliphatic carbocycles. The first-order chi connectivity index (χ1) is 16.5. The number of rotatable bonds is 10. The number of alkyl carbamates (subject to hydrolysis) is 2. The zero-order chi connectivity index (χ0) is 25.8. The summed E-state index contributed by atoms with van der Waals surface area (Å²) in [6.07, 6.45) is -0.574. The van der Waals surface area contributed by atoms with Crippen molar-refractivity contribution >= 4 is 18.1 Å². The van der Waals surface area contributed by atoms with Gasteiger partial charge in [0.15, 0.2) is 0 Å². The number of nitrogens with one attached hydrogen (secondary N) is 3. The lowest BCUT2D eigenvalue weighted by Crippen LogP contribution is -2.49. The van der Waals surface area contributed by atoms with Crippen LogP contribution < -0.4 is 16.0 Å². The summed E-state index contributed by atoms with van der Waals surface area (Å²) in [5.74, 6) is -0.255. The first kappa shape index (κ1) is 27.5.